The highest BCUT2D eigenvalue weighted by atomic mass is 14.9. The molecule has 0 aliphatic heterocycles. The fraction of sp³-hybridized carbons (Fsp3) is 0.375. The Labute approximate surface area is 159 Å². The van der Waals surface area contributed by atoms with Gasteiger partial charge in [0.2, 0.25) is 0 Å². The fourth-order valence-electron chi connectivity index (χ4n) is 3.39. The monoisotopic (exact) mass is 348 g/mol. The molecule has 0 unspecified atom stereocenters. The summed E-state index contributed by atoms with van der Waals surface area (Å²) < 4.78 is 0. The number of hydrogen-bond donors (Lipinski definition) is 1. The second-order valence-electron chi connectivity index (χ2n) is 8.70. The number of nitrogens with zero attached hydrogens (tertiary/aromatic N) is 1. The predicted octanol–water partition coefficient (Wildman–Crippen LogP) is 6.82. The highest BCUT2D eigenvalue weighted by molar-refractivity contribution is 6.11. The third kappa shape index (κ3) is 6.51. The second-order valence-corrected chi connectivity index (χ2v) is 8.70. The molecule has 0 bridgehead atoms. The molecule has 0 radical (unpaired) electrons. The molecule has 0 fully saturated rings. The van der Waals surface area contributed by atoms with Crippen LogP contribution in [0.4, 0.5) is 5.69 Å². The minimum atomic E-state index is -0.106. The number of anilines is 1. The van der Waals surface area contributed by atoms with Crippen LogP contribution in [-0.4, -0.2) is 11.8 Å². The van der Waals surface area contributed by atoms with Crippen LogP contribution >= 0.6 is 0 Å². The Balaban J connectivity index is 2.36. The molecule has 0 aliphatic carbocycles. The van der Waals surface area contributed by atoms with Gasteiger partial charge in [0.15, 0.2) is 0 Å². The number of nitrogens with one attached hydrogen (secondary N) is 1. The number of rotatable bonds is 6. The zero-order valence-electron chi connectivity index (χ0n) is 17.0. The molecular formula is C24H32N2. The van der Waals surface area contributed by atoms with Crippen LogP contribution in [0.2, 0.25) is 0 Å². The molecule has 0 aromatic heterocycles. The topological polar surface area (TPSA) is 24.4 Å². The van der Waals surface area contributed by atoms with Gasteiger partial charge in [-0.3, -0.25) is 4.99 Å². The first-order chi connectivity index (χ1) is 12.2. The molecule has 0 saturated heterocycles. The lowest BCUT2D eigenvalue weighted by Gasteiger charge is -2.29. The van der Waals surface area contributed by atoms with Gasteiger partial charge < -0.3 is 5.32 Å². The first-order valence-corrected chi connectivity index (χ1v) is 9.30. The molecule has 0 spiro atoms. The maximum Gasteiger partial charge on any atom is 0.0557 e. The van der Waals surface area contributed by atoms with Crippen molar-refractivity contribution in [3.63, 3.8) is 0 Å². The van der Waals surface area contributed by atoms with E-state index < -0.39 is 0 Å². The Morgan fingerprint density at radius 2 is 1.42 bits per heavy atom. The number of aliphatic imine (C=N–C) groups is 1. The van der Waals surface area contributed by atoms with Crippen LogP contribution in [0.15, 0.2) is 71.4 Å². The minimum Gasteiger partial charge on any atom is -0.359 e. The van der Waals surface area contributed by atoms with Crippen LogP contribution in [0.25, 0.3) is 5.57 Å². The van der Waals surface area contributed by atoms with Gasteiger partial charge in [-0.1, -0.05) is 69.3 Å². The quantitative estimate of drug-likeness (QED) is 0.569. The standard InChI is InChI=1S/C24H32N2/c1-19(26-21-15-11-8-12-16-21)22(20-13-9-7-10-14-20)17-25-24(5,6)18-23(2,3)4/h7-17,26H,18H2,1-6H3/b22-19-,25-17?. The summed E-state index contributed by atoms with van der Waals surface area (Å²) in [4.78, 5) is 4.96. The molecule has 1 N–H and O–H groups in total. The normalized spacial score (nSPS) is 13.6. The van der Waals surface area contributed by atoms with Crippen molar-refractivity contribution in [3.8, 4) is 0 Å². The smallest absolute Gasteiger partial charge is 0.0557 e. The van der Waals surface area contributed by atoms with Gasteiger partial charge in [-0.15, -0.1) is 0 Å². The van der Waals surface area contributed by atoms with Gasteiger partial charge in [0, 0.05) is 23.2 Å². The molecule has 2 heteroatoms. The summed E-state index contributed by atoms with van der Waals surface area (Å²) in [6, 6.07) is 20.7. The molecule has 138 valence electrons. The number of hydrogen-bond acceptors (Lipinski definition) is 2. The lowest BCUT2D eigenvalue weighted by atomic mass is 9.82. The molecule has 2 nitrogen and oxygen atoms in total. The van der Waals surface area contributed by atoms with Gasteiger partial charge in [0.1, 0.15) is 0 Å². The van der Waals surface area contributed by atoms with Crippen LogP contribution in [-0.2, 0) is 0 Å². The summed E-state index contributed by atoms with van der Waals surface area (Å²) in [5, 5.41) is 3.51. The van der Waals surface area contributed by atoms with Crippen molar-refractivity contribution in [2.45, 2.75) is 53.5 Å². The summed E-state index contributed by atoms with van der Waals surface area (Å²) in [7, 11) is 0. The molecule has 0 atom stereocenters. The largest absolute Gasteiger partial charge is 0.359 e. The third-order valence-corrected chi connectivity index (χ3v) is 4.10. The average Bonchev–Trinajstić information content (AvgIpc) is 2.54. The molecule has 0 amide bonds. The summed E-state index contributed by atoms with van der Waals surface area (Å²) >= 11 is 0. The fourth-order valence-corrected chi connectivity index (χ4v) is 3.39. The van der Waals surface area contributed by atoms with Crippen LogP contribution in [0.1, 0.15) is 53.5 Å². The summed E-state index contributed by atoms with van der Waals surface area (Å²) in [6.07, 6.45) is 3.07. The van der Waals surface area contributed by atoms with E-state index in [-0.39, 0.29) is 11.0 Å². The Bertz CT molecular complexity index is 748. The van der Waals surface area contributed by atoms with Gasteiger partial charge in [0.05, 0.1) is 5.54 Å². The zero-order chi connectivity index (χ0) is 19.2. The predicted molar refractivity (Wildman–Crippen MR) is 116 cm³/mol. The van der Waals surface area contributed by atoms with Gasteiger partial charge in [-0.25, -0.2) is 0 Å². The van der Waals surface area contributed by atoms with E-state index in [1.807, 2.05) is 30.5 Å². The van der Waals surface area contributed by atoms with Crippen LogP contribution in [0.5, 0.6) is 0 Å². The SMILES string of the molecule is C/C(Nc1ccccc1)=C(\C=NC(C)(C)CC(C)(C)C)c1ccccc1. The average molecular weight is 349 g/mol. The Morgan fingerprint density at radius 3 is 1.96 bits per heavy atom. The van der Waals surface area contributed by atoms with E-state index in [4.69, 9.17) is 4.99 Å². The highest BCUT2D eigenvalue weighted by Gasteiger charge is 2.24. The van der Waals surface area contributed by atoms with E-state index in [2.05, 4.69) is 83.3 Å². The third-order valence-electron chi connectivity index (χ3n) is 4.10. The summed E-state index contributed by atoms with van der Waals surface area (Å²) in [6.45, 7) is 13.3. The van der Waals surface area contributed by atoms with Crippen molar-refractivity contribution in [2.75, 3.05) is 5.32 Å². The molecule has 0 heterocycles. The number of allylic oxidation sites excluding steroid dienone is 2. The number of benzene rings is 2. The Hall–Kier alpha value is -2.35. The van der Waals surface area contributed by atoms with Gasteiger partial charge >= 0.3 is 0 Å². The van der Waals surface area contributed by atoms with Crippen molar-refractivity contribution >= 4 is 17.5 Å². The van der Waals surface area contributed by atoms with Crippen molar-refractivity contribution in [1.82, 2.24) is 0 Å². The molecule has 0 saturated carbocycles. The van der Waals surface area contributed by atoms with Crippen molar-refractivity contribution < 1.29 is 0 Å². The van der Waals surface area contributed by atoms with Crippen LogP contribution in [0.3, 0.4) is 0 Å². The summed E-state index contributed by atoms with van der Waals surface area (Å²) in [5.74, 6) is 0. The van der Waals surface area contributed by atoms with E-state index in [9.17, 15) is 0 Å². The maximum atomic E-state index is 4.96. The molecular weight excluding hydrogens is 316 g/mol. The Morgan fingerprint density at radius 1 is 0.885 bits per heavy atom. The van der Waals surface area contributed by atoms with Gasteiger partial charge in [0.25, 0.3) is 0 Å². The van der Waals surface area contributed by atoms with Crippen molar-refractivity contribution in [1.29, 1.82) is 0 Å². The number of para-hydroxylation sites is 1. The molecule has 2 rings (SSSR count). The summed E-state index contributed by atoms with van der Waals surface area (Å²) in [5.41, 5.74) is 4.61. The molecule has 2 aromatic carbocycles. The van der Waals surface area contributed by atoms with Crippen molar-refractivity contribution in [2.24, 2.45) is 10.4 Å². The highest BCUT2D eigenvalue weighted by Crippen LogP contribution is 2.30. The zero-order valence-corrected chi connectivity index (χ0v) is 17.0. The second kappa shape index (κ2) is 8.35. The van der Waals surface area contributed by atoms with E-state index in [1.165, 1.54) is 5.56 Å². The van der Waals surface area contributed by atoms with E-state index in [0.29, 0.717) is 0 Å². The van der Waals surface area contributed by atoms with E-state index in [0.717, 1.165) is 23.4 Å². The first-order valence-electron chi connectivity index (χ1n) is 9.30. The maximum absolute atomic E-state index is 4.96. The lowest BCUT2D eigenvalue weighted by Crippen LogP contribution is -2.25. The van der Waals surface area contributed by atoms with Crippen LogP contribution in [0, 0.1) is 5.41 Å². The minimum absolute atomic E-state index is 0.106. The Kier molecular flexibility index (Phi) is 6.42. The molecule has 0 aliphatic rings. The van der Waals surface area contributed by atoms with E-state index >= 15 is 0 Å². The molecule has 2 aromatic rings. The van der Waals surface area contributed by atoms with Crippen LogP contribution < -0.4 is 5.32 Å². The van der Waals surface area contributed by atoms with Gasteiger partial charge in [-0.2, -0.15) is 0 Å². The lowest BCUT2D eigenvalue weighted by molar-refractivity contribution is 0.289. The van der Waals surface area contributed by atoms with Gasteiger partial charge in [-0.05, 0) is 50.3 Å². The first kappa shape index (κ1) is 20.0. The van der Waals surface area contributed by atoms with E-state index in [1.54, 1.807) is 0 Å². The van der Waals surface area contributed by atoms with Crippen molar-refractivity contribution in [3.05, 3.63) is 71.9 Å². The molecule has 26 heavy (non-hydrogen) atoms.